The maximum absolute atomic E-state index is 12.4. The first kappa shape index (κ1) is 20.7. The summed E-state index contributed by atoms with van der Waals surface area (Å²) in [5, 5.41) is 2.16. The van der Waals surface area contributed by atoms with Crippen molar-refractivity contribution >= 4 is 40.6 Å². The van der Waals surface area contributed by atoms with Crippen LogP contribution in [0.4, 0.5) is 0 Å². The van der Waals surface area contributed by atoms with E-state index in [0.29, 0.717) is 5.56 Å². The first-order valence-corrected chi connectivity index (χ1v) is 7.74. The third-order valence-electron chi connectivity index (χ3n) is 3.12. The maximum Gasteiger partial charge on any atom is 0.195 e. The van der Waals surface area contributed by atoms with E-state index < -0.39 is 20.8 Å². The lowest BCUT2D eigenvalue weighted by molar-refractivity contribution is 0.553. The highest BCUT2D eigenvalue weighted by molar-refractivity contribution is 7.92. The molecule has 0 amide bonds. The number of hydrogen-bond donors (Lipinski definition) is 3. The van der Waals surface area contributed by atoms with Crippen LogP contribution >= 0.6 is 24.8 Å². The average Bonchev–Trinajstić information content (AvgIpc) is 2.38. The number of benzene rings is 1. The second-order valence-electron chi connectivity index (χ2n) is 4.89. The highest BCUT2D eigenvalue weighted by atomic mass is 35.5. The Kier molecular flexibility index (Phi) is 6.90. The van der Waals surface area contributed by atoms with Crippen molar-refractivity contribution < 1.29 is 8.42 Å². The van der Waals surface area contributed by atoms with Gasteiger partial charge in [0, 0.05) is 11.8 Å². The fraction of sp³-hybridized carbons (Fsp3) is 0.308. The number of rotatable bonds is 3. The number of halogens is 2. The van der Waals surface area contributed by atoms with Crippen molar-refractivity contribution in [2.75, 3.05) is 0 Å². The number of nitrogens with one attached hydrogen (secondary N) is 1. The van der Waals surface area contributed by atoms with E-state index in [-0.39, 0.29) is 35.7 Å². The van der Waals surface area contributed by atoms with Crippen molar-refractivity contribution in [3.8, 4) is 0 Å². The third kappa shape index (κ3) is 3.73. The number of hydrogen-bond acceptors (Lipinski definition) is 6. The van der Waals surface area contributed by atoms with E-state index in [4.69, 9.17) is 11.5 Å². The Hall–Kier alpha value is -1.28. The third-order valence-corrected chi connectivity index (χ3v) is 5.33. The van der Waals surface area contributed by atoms with Crippen LogP contribution in [0.15, 0.2) is 46.4 Å². The molecule has 1 aromatic rings. The number of nitrogens with two attached hydrogens (primary N) is 2. The van der Waals surface area contributed by atoms with Gasteiger partial charge in [-0.3, -0.25) is 5.73 Å². The fourth-order valence-electron chi connectivity index (χ4n) is 1.97. The maximum atomic E-state index is 12.4. The second kappa shape index (κ2) is 7.32. The van der Waals surface area contributed by atoms with Crippen LogP contribution in [0.2, 0.25) is 0 Å². The smallest absolute Gasteiger partial charge is 0.195 e. The van der Waals surface area contributed by atoms with Gasteiger partial charge in [-0.1, -0.05) is 18.2 Å². The summed E-state index contributed by atoms with van der Waals surface area (Å²) in [4.78, 5) is 4.31. The predicted molar refractivity (Wildman–Crippen MR) is 93.0 cm³/mol. The van der Waals surface area contributed by atoms with Crippen molar-refractivity contribution in [3.05, 3.63) is 42.1 Å². The summed E-state index contributed by atoms with van der Waals surface area (Å²) in [5.74, 6) is 0.145. The molecular formula is C13H20Cl2N4O2S. The Morgan fingerprint density at radius 1 is 1.23 bits per heavy atom. The minimum atomic E-state index is -3.46. The summed E-state index contributed by atoms with van der Waals surface area (Å²) in [5.41, 5.74) is 11.0. The highest BCUT2D eigenvalue weighted by Gasteiger charge is 2.33. The number of guanidine groups is 1. The van der Waals surface area contributed by atoms with E-state index in [1.807, 2.05) is 0 Å². The van der Waals surface area contributed by atoms with Crippen molar-refractivity contribution in [1.82, 2.24) is 5.32 Å². The topological polar surface area (TPSA) is 111 Å². The van der Waals surface area contributed by atoms with Gasteiger partial charge in [-0.2, -0.15) is 0 Å². The molecule has 1 heterocycles. The molecule has 0 saturated heterocycles. The molecule has 0 fully saturated rings. The molecule has 6 nitrogen and oxygen atoms in total. The molecule has 0 aliphatic carbocycles. The average molecular weight is 367 g/mol. The Labute approximate surface area is 142 Å². The Morgan fingerprint density at radius 3 is 2.36 bits per heavy atom. The van der Waals surface area contributed by atoms with Crippen LogP contribution < -0.4 is 16.8 Å². The van der Waals surface area contributed by atoms with Crippen LogP contribution in [0.5, 0.6) is 0 Å². The zero-order valence-corrected chi connectivity index (χ0v) is 14.6. The molecule has 0 spiro atoms. The van der Waals surface area contributed by atoms with Gasteiger partial charge in [-0.15, -0.1) is 24.8 Å². The van der Waals surface area contributed by atoms with Gasteiger partial charge in [0.05, 0.1) is 10.1 Å². The monoisotopic (exact) mass is 366 g/mol. The van der Waals surface area contributed by atoms with Crippen LogP contribution in [0, 0.1) is 0 Å². The van der Waals surface area contributed by atoms with Gasteiger partial charge >= 0.3 is 0 Å². The molecule has 1 atom stereocenters. The van der Waals surface area contributed by atoms with Gasteiger partial charge < -0.3 is 11.1 Å². The molecule has 0 aromatic heterocycles. The van der Waals surface area contributed by atoms with Crippen LogP contribution in [-0.2, 0) is 15.5 Å². The molecule has 0 radical (unpaired) electrons. The van der Waals surface area contributed by atoms with E-state index in [9.17, 15) is 8.42 Å². The van der Waals surface area contributed by atoms with Crippen LogP contribution in [0.3, 0.4) is 0 Å². The Balaban J connectivity index is 0.00000220. The number of aliphatic imine (C=N–C) groups is 1. The first-order valence-electron chi connectivity index (χ1n) is 6.19. The number of sulfone groups is 1. The van der Waals surface area contributed by atoms with Gasteiger partial charge in [-0.05, 0) is 26.0 Å². The van der Waals surface area contributed by atoms with Gasteiger partial charge in [0.2, 0.25) is 0 Å². The first-order chi connectivity index (χ1) is 9.27. The summed E-state index contributed by atoms with van der Waals surface area (Å²) >= 11 is 0. The van der Waals surface area contributed by atoms with E-state index in [0.717, 1.165) is 0 Å². The minimum absolute atomic E-state index is 0. The highest BCUT2D eigenvalue weighted by Crippen LogP contribution is 2.31. The molecule has 22 heavy (non-hydrogen) atoms. The lowest BCUT2D eigenvalue weighted by atomic mass is 10.0. The zero-order chi connectivity index (χ0) is 15.0. The SMILES string of the molecule is CC(C)S(=O)(=O)c1ccccc1C1(N)C=CNC(N)=N1.Cl.Cl. The molecule has 1 aliphatic heterocycles. The molecule has 1 unspecified atom stereocenters. The Morgan fingerprint density at radius 2 is 1.82 bits per heavy atom. The van der Waals surface area contributed by atoms with Crippen LogP contribution in [-0.4, -0.2) is 19.6 Å². The van der Waals surface area contributed by atoms with Crippen LogP contribution in [0.25, 0.3) is 0 Å². The lowest BCUT2D eigenvalue weighted by Crippen LogP contribution is -2.43. The van der Waals surface area contributed by atoms with Gasteiger partial charge in [-0.25, -0.2) is 13.4 Å². The summed E-state index contributed by atoms with van der Waals surface area (Å²) < 4.78 is 24.9. The normalized spacial score (nSPS) is 20.5. The zero-order valence-electron chi connectivity index (χ0n) is 12.2. The lowest BCUT2D eigenvalue weighted by Gasteiger charge is -2.28. The molecule has 9 heteroatoms. The van der Waals surface area contributed by atoms with E-state index in [1.54, 1.807) is 50.4 Å². The fourth-order valence-corrected chi connectivity index (χ4v) is 3.29. The van der Waals surface area contributed by atoms with Crippen molar-refractivity contribution in [1.29, 1.82) is 0 Å². The summed E-state index contributed by atoms with van der Waals surface area (Å²) in [7, 11) is -3.46. The minimum Gasteiger partial charge on any atom is -0.370 e. The van der Waals surface area contributed by atoms with Crippen molar-refractivity contribution in [2.45, 2.75) is 29.7 Å². The van der Waals surface area contributed by atoms with Gasteiger partial charge in [0.1, 0.15) is 0 Å². The second-order valence-corrected chi connectivity index (χ2v) is 7.36. The van der Waals surface area contributed by atoms with Gasteiger partial charge in [0.15, 0.2) is 21.5 Å². The predicted octanol–water partition coefficient (Wildman–Crippen LogP) is 1.26. The molecule has 1 aromatic carbocycles. The molecule has 2 rings (SSSR count). The number of nitrogens with zero attached hydrogens (tertiary/aromatic N) is 1. The van der Waals surface area contributed by atoms with E-state index in [1.165, 1.54) is 0 Å². The standard InChI is InChI=1S/C13H18N4O2S.2ClH/c1-9(2)20(18,19)11-6-4-3-5-10(11)13(15)7-8-16-12(14)17-13;;/h3-9H,15H2,1-2H3,(H3,14,16,17);2*1H. The van der Waals surface area contributed by atoms with Gasteiger partial charge in [0.25, 0.3) is 0 Å². The molecular weight excluding hydrogens is 347 g/mol. The molecule has 1 aliphatic rings. The van der Waals surface area contributed by atoms with E-state index in [2.05, 4.69) is 10.3 Å². The molecule has 5 N–H and O–H groups in total. The molecule has 0 saturated carbocycles. The van der Waals surface area contributed by atoms with E-state index >= 15 is 0 Å². The van der Waals surface area contributed by atoms with Crippen molar-refractivity contribution in [2.24, 2.45) is 16.5 Å². The van der Waals surface area contributed by atoms with Crippen molar-refractivity contribution in [3.63, 3.8) is 0 Å². The molecule has 0 bridgehead atoms. The summed E-state index contributed by atoms with van der Waals surface area (Å²) in [6, 6.07) is 6.59. The summed E-state index contributed by atoms with van der Waals surface area (Å²) in [6.45, 7) is 3.26. The largest absolute Gasteiger partial charge is 0.370 e. The summed E-state index contributed by atoms with van der Waals surface area (Å²) in [6.07, 6.45) is 3.14. The molecule has 124 valence electrons. The van der Waals surface area contributed by atoms with Crippen LogP contribution in [0.1, 0.15) is 19.4 Å². The Bertz CT molecular complexity index is 689. The quantitative estimate of drug-likeness (QED) is 0.745.